The lowest BCUT2D eigenvalue weighted by atomic mass is 10.4. The van der Waals surface area contributed by atoms with Crippen LogP contribution in [-0.2, 0) is 16.6 Å². The van der Waals surface area contributed by atoms with Crippen molar-refractivity contribution >= 4 is 33.0 Å². The second-order valence-corrected chi connectivity index (χ2v) is 8.07. The number of thiophene rings is 1. The van der Waals surface area contributed by atoms with Crippen molar-refractivity contribution in [3.63, 3.8) is 0 Å². The van der Waals surface area contributed by atoms with Crippen molar-refractivity contribution in [1.82, 2.24) is 9.29 Å². The van der Waals surface area contributed by atoms with Gasteiger partial charge >= 0.3 is 0 Å². The molecule has 0 aliphatic heterocycles. The maximum absolute atomic E-state index is 12.7. The third-order valence-electron chi connectivity index (χ3n) is 2.91. The quantitative estimate of drug-likeness (QED) is 0.904. The average molecular weight is 347 g/mol. The fraction of sp³-hybridized carbons (Fsp3) is 0.308. The molecule has 1 N–H and O–H groups in total. The largest absolute Gasteiger partial charge is 0.326 e. The molecule has 2 aromatic rings. The van der Waals surface area contributed by atoms with Crippen molar-refractivity contribution in [2.24, 2.45) is 0 Å². The van der Waals surface area contributed by atoms with Crippen molar-refractivity contribution in [1.29, 1.82) is 0 Å². The standard InChI is InChI=1S/C13H15ClN2O3S2/c1-9(2)16(8-10-4-3-5-20-10)21(18,19)11-6-12(14)13(17)15-7-11/h3-7,9H,8H2,1-2H3,(H,15,17). The summed E-state index contributed by atoms with van der Waals surface area (Å²) < 4.78 is 26.8. The first-order valence-electron chi connectivity index (χ1n) is 6.25. The van der Waals surface area contributed by atoms with Crippen LogP contribution in [0.1, 0.15) is 18.7 Å². The SMILES string of the molecule is CC(C)N(Cc1cccs1)S(=O)(=O)c1c[nH]c(=O)c(Cl)c1. The average Bonchev–Trinajstić information content (AvgIpc) is 2.91. The van der Waals surface area contributed by atoms with Gasteiger partial charge in [-0.15, -0.1) is 11.3 Å². The van der Waals surface area contributed by atoms with Crippen molar-refractivity contribution in [2.75, 3.05) is 0 Å². The van der Waals surface area contributed by atoms with Crippen LogP contribution in [0.25, 0.3) is 0 Å². The molecular weight excluding hydrogens is 332 g/mol. The van der Waals surface area contributed by atoms with Gasteiger partial charge in [-0.3, -0.25) is 4.79 Å². The number of H-pyrrole nitrogens is 1. The predicted molar refractivity (Wildman–Crippen MR) is 84.3 cm³/mol. The highest BCUT2D eigenvalue weighted by atomic mass is 35.5. The summed E-state index contributed by atoms with van der Waals surface area (Å²) in [4.78, 5) is 14.5. The summed E-state index contributed by atoms with van der Waals surface area (Å²) in [6, 6.07) is 4.72. The van der Waals surface area contributed by atoms with Gasteiger partial charge in [0.05, 0.1) is 4.90 Å². The summed E-state index contributed by atoms with van der Waals surface area (Å²) in [5.41, 5.74) is -0.509. The number of halogens is 1. The van der Waals surface area contributed by atoms with Gasteiger partial charge in [0.1, 0.15) is 5.02 Å². The maximum atomic E-state index is 12.7. The number of hydrogen-bond donors (Lipinski definition) is 1. The molecule has 0 aliphatic carbocycles. The van der Waals surface area contributed by atoms with Gasteiger partial charge in [-0.25, -0.2) is 8.42 Å². The molecule has 2 heterocycles. The highest BCUT2D eigenvalue weighted by Gasteiger charge is 2.28. The van der Waals surface area contributed by atoms with Crippen LogP contribution in [0, 0.1) is 0 Å². The lowest BCUT2D eigenvalue weighted by Crippen LogP contribution is -2.36. The minimum absolute atomic E-state index is 0.0163. The van der Waals surface area contributed by atoms with Gasteiger partial charge in [-0.2, -0.15) is 4.31 Å². The van der Waals surface area contributed by atoms with Crippen LogP contribution in [0.15, 0.2) is 39.5 Å². The molecule has 0 unspecified atom stereocenters. The van der Waals surface area contributed by atoms with Crippen LogP contribution in [-0.4, -0.2) is 23.7 Å². The summed E-state index contributed by atoms with van der Waals surface area (Å²) in [6.45, 7) is 3.89. The van der Waals surface area contributed by atoms with Crippen molar-refractivity contribution in [3.8, 4) is 0 Å². The molecule has 0 aromatic carbocycles. The number of hydrogen-bond acceptors (Lipinski definition) is 4. The zero-order valence-electron chi connectivity index (χ0n) is 11.5. The highest BCUT2D eigenvalue weighted by Crippen LogP contribution is 2.23. The third kappa shape index (κ3) is 3.55. The molecule has 2 rings (SSSR count). The van der Waals surface area contributed by atoms with Crippen LogP contribution in [0.2, 0.25) is 5.02 Å². The number of nitrogens with zero attached hydrogens (tertiary/aromatic N) is 1. The number of rotatable bonds is 5. The Kier molecular flexibility index (Phi) is 4.88. The van der Waals surface area contributed by atoms with Gasteiger partial charge in [0.15, 0.2) is 0 Å². The minimum Gasteiger partial charge on any atom is -0.326 e. The van der Waals surface area contributed by atoms with E-state index in [-0.39, 0.29) is 22.5 Å². The Balaban J connectivity index is 2.42. The smallest absolute Gasteiger partial charge is 0.266 e. The van der Waals surface area contributed by atoms with E-state index in [2.05, 4.69) is 4.98 Å². The van der Waals surface area contributed by atoms with Gasteiger partial charge in [0.2, 0.25) is 10.0 Å². The van der Waals surface area contributed by atoms with E-state index >= 15 is 0 Å². The summed E-state index contributed by atoms with van der Waals surface area (Å²) in [7, 11) is -3.73. The van der Waals surface area contributed by atoms with E-state index in [4.69, 9.17) is 11.6 Å². The van der Waals surface area contributed by atoms with Crippen LogP contribution >= 0.6 is 22.9 Å². The van der Waals surface area contributed by atoms with E-state index in [0.29, 0.717) is 0 Å². The third-order valence-corrected chi connectivity index (χ3v) is 6.05. The van der Waals surface area contributed by atoms with Gasteiger partial charge in [-0.1, -0.05) is 17.7 Å². The topological polar surface area (TPSA) is 70.2 Å². The molecule has 0 spiro atoms. The highest BCUT2D eigenvalue weighted by molar-refractivity contribution is 7.89. The van der Waals surface area contributed by atoms with Crippen LogP contribution < -0.4 is 5.56 Å². The van der Waals surface area contributed by atoms with Crippen molar-refractivity contribution in [3.05, 3.63) is 50.0 Å². The number of nitrogens with one attached hydrogen (secondary N) is 1. The molecule has 0 radical (unpaired) electrons. The lowest BCUT2D eigenvalue weighted by Gasteiger charge is -2.25. The first-order chi connectivity index (χ1) is 9.82. The van der Waals surface area contributed by atoms with E-state index in [0.717, 1.165) is 4.88 Å². The number of aromatic amines is 1. The van der Waals surface area contributed by atoms with Crippen LogP contribution in [0.4, 0.5) is 0 Å². The molecule has 0 saturated carbocycles. The van der Waals surface area contributed by atoms with E-state index in [1.807, 2.05) is 17.5 Å². The maximum Gasteiger partial charge on any atom is 0.266 e. The Bertz CT molecular complexity index is 767. The van der Waals surface area contributed by atoms with Gasteiger partial charge < -0.3 is 4.98 Å². The van der Waals surface area contributed by atoms with Crippen LogP contribution in [0.5, 0.6) is 0 Å². The normalized spacial score (nSPS) is 12.2. The predicted octanol–water partition coefficient (Wildman–Crippen LogP) is 2.69. The number of aromatic nitrogens is 1. The first-order valence-corrected chi connectivity index (χ1v) is 8.94. The fourth-order valence-electron chi connectivity index (χ4n) is 1.82. The number of pyridine rings is 1. The molecule has 0 saturated heterocycles. The zero-order chi connectivity index (χ0) is 15.6. The fourth-order valence-corrected chi connectivity index (χ4v) is 4.45. The molecule has 114 valence electrons. The Morgan fingerprint density at radius 3 is 2.67 bits per heavy atom. The summed E-state index contributed by atoms with van der Waals surface area (Å²) in [5, 5.41) is 1.76. The summed E-state index contributed by atoms with van der Waals surface area (Å²) in [6.07, 6.45) is 1.17. The summed E-state index contributed by atoms with van der Waals surface area (Å²) >= 11 is 7.22. The van der Waals surface area contributed by atoms with Crippen molar-refractivity contribution < 1.29 is 8.42 Å². The molecule has 2 aromatic heterocycles. The number of sulfonamides is 1. The van der Waals surface area contributed by atoms with E-state index in [1.54, 1.807) is 13.8 Å². The molecule has 0 fully saturated rings. The Hall–Kier alpha value is -1.15. The Morgan fingerprint density at radius 1 is 1.43 bits per heavy atom. The van der Waals surface area contributed by atoms with Crippen molar-refractivity contribution in [2.45, 2.75) is 31.3 Å². The van der Waals surface area contributed by atoms with E-state index in [9.17, 15) is 13.2 Å². The molecule has 21 heavy (non-hydrogen) atoms. The second-order valence-electron chi connectivity index (χ2n) is 4.74. The monoisotopic (exact) mass is 346 g/mol. The second kappa shape index (κ2) is 6.31. The van der Waals surface area contributed by atoms with E-state index in [1.165, 1.54) is 27.9 Å². The molecular formula is C13H15ClN2O3S2. The van der Waals surface area contributed by atoms with Crippen LogP contribution in [0.3, 0.4) is 0 Å². The zero-order valence-corrected chi connectivity index (χ0v) is 13.9. The van der Waals surface area contributed by atoms with Gasteiger partial charge in [0.25, 0.3) is 5.56 Å². The molecule has 8 heteroatoms. The van der Waals surface area contributed by atoms with E-state index < -0.39 is 15.6 Å². The first kappa shape index (κ1) is 16.2. The minimum atomic E-state index is -3.73. The molecule has 5 nitrogen and oxygen atoms in total. The molecule has 0 amide bonds. The molecule has 0 aliphatic rings. The summed E-state index contributed by atoms with van der Waals surface area (Å²) in [5.74, 6) is 0. The Morgan fingerprint density at radius 2 is 2.14 bits per heavy atom. The molecule has 0 bridgehead atoms. The lowest BCUT2D eigenvalue weighted by molar-refractivity contribution is 0.350. The molecule has 0 atom stereocenters. The van der Waals surface area contributed by atoms with Gasteiger partial charge in [0, 0.05) is 23.7 Å². The van der Waals surface area contributed by atoms with Gasteiger partial charge in [-0.05, 0) is 31.4 Å². The Labute approximate surface area is 132 Å².